The van der Waals surface area contributed by atoms with Crippen LogP contribution in [0, 0.1) is 0 Å². The standard InChI is InChI=1S/C24H30F6N2O11S3/c1-5-8-14(2)42-19(34)16-11-15(12-17(13-16)20(35)43-21(3)9-6-7-10-21)18(33)31-45(38,39)23(27,28)22(25,26)24(29,30)46(40,41)32-44(4,36)37/h11-14,32H,5-10H2,1-4H3,(H,31,33). The normalized spacial score (nSPS) is 16.8. The molecule has 22 heteroatoms. The van der Waals surface area contributed by atoms with E-state index in [0.717, 1.165) is 6.07 Å². The van der Waals surface area contributed by atoms with Crippen LogP contribution in [0.3, 0.4) is 0 Å². The third-order valence-electron chi connectivity index (χ3n) is 6.56. The molecule has 2 N–H and O–H groups in total. The van der Waals surface area contributed by atoms with E-state index in [4.69, 9.17) is 9.47 Å². The Morgan fingerprint density at radius 1 is 0.848 bits per heavy atom. The van der Waals surface area contributed by atoms with Crippen LogP contribution >= 0.6 is 0 Å². The van der Waals surface area contributed by atoms with E-state index in [2.05, 4.69) is 0 Å². The van der Waals surface area contributed by atoms with E-state index < -0.39 is 92.7 Å². The van der Waals surface area contributed by atoms with Gasteiger partial charge in [-0.1, -0.05) is 13.3 Å². The van der Waals surface area contributed by atoms with Gasteiger partial charge >= 0.3 is 38.4 Å². The number of nitrogens with one attached hydrogen (secondary N) is 2. The van der Waals surface area contributed by atoms with Crippen molar-refractivity contribution in [2.24, 2.45) is 0 Å². The lowest BCUT2D eigenvalue weighted by atomic mass is 10.0. The molecule has 1 aliphatic rings. The van der Waals surface area contributed by atoms with Crippen LogP contribution in [0.4, 0.5) is 26.3 Å². The maximum Gasteiger partial charge on any atom is 0.433 e. The highest BCUT2D eigenvalue weighted by molar-refractivity contribution is 8.05. The minimum absolute atomic E-state index is 0.0265. The first-order chi connectivity index (χ1) is 20.6. The van der Waals surface area contributed by atoms with Gasteiger partial charge in [0.15, 0.2) is 0 Å². The van der Waals surface area contributed by atoms with Crippen molar-refractivity contribution < 1.29 is 75.5 Å². The molecule has 0 spiro atoms. The Bertz CT molecular complexity index is 1690. The fourth-order valence-electron chi connectivity index (χ4n) is 4.22. The quantitative estimate of drug-likeness (QED) is 0.210. The highest BCUT2D eigenvalue weighted by Gasteiger charge is 2.82. The summed E-state index contributed by atoms with van der Waals surface area (Å²) < 4.78 is 167. The molecule has 13 nitrogen and oxygen atoms in total. The lowest BCUT2D eigenvalue weighted by Crippen LogP contribution is -2.65. The lowest BCUT2D eigenvalue weighted by molar-refractivity contribution is -0.244. The Labute approximate surface area is 260 Å². The summed E-state index contributed by atoms with van der Waals surface area (Å²) in [7, 11) is -19.8. The van der Waals surface area contributed by atoms with Crippen molar-refractivity contribution in [3.05, 3.63) is 34.9 Å². The van der Waals surface area contributed by atoms with Crippen molar-refractivity contribution in [3.8, 4) is 0 Å². The molecule has 1 atom stereocenters. The van der Waals surface area contributed by atoms with Crippen molar-refractivity contribution in [1.29, 1.82) is 0 Å². The predicted octanol–water partition coefficient (Wildman–Crippen LogP) is 3.28. The van der Waals surface area contributed by atoms with E-state index in [-0.39, 0.29) is 10.4 Å². The monoisotopic (exact) mass is 732 g/mol. The molecule has 1 aromatic rings. The van der Waals surface area contributed by atoms with Gasteiger partial charge < -0.3 is 9.47 Å². The number of amides is 1. The van der Waals surface area contributed by atoms with Gasteiger partial charge in [-0.15, -0.1) is 4.13 Å². The van der Waals surface area contributed by atoms with E-state index in [0.29, 0.717) is 55.4 Å². The zero-order valence-corrected chi connectivity index (χ0v) is 27.0. The van der Waals surface area contributed by atoms with Crippen molar-refractivity contribution in [2.45, 2.75) is 87.4 Å². The van der Waals surface area contributed by atoms with Crippen LogP contribution < -0.4 is 8.85 Å². The van der Waals surface area contributed by atoms with Crippen LogP contribution in [-0.2, 0) is 39.5 Å². The number of rotatable bonds is 14. The molecule has 0 saturated heterocycles. The summed E-state index contributed by atoms with van der Waals surface area (Å²) in [6.45, 7) is 4.80. The first kappa shape index (κ1) is 39.2. The molecule has 0 heterocycles. The number of carbonyl (C=O) groups excluding carboxylic acids is 3. The summed E-state index contributed by atoms with van der Waals surface area (Å²) in [6.07, 6.45) is 2.27. The number of halogens is 6. The Hall–Kier alpha value is -2.98. The van der Waals surface area contributed by atoms with Gasteiger partial charge in [-0.25, -0.2) is 31.1 Å². The fraction of sp³-hybridized carbons (Fsp3) is 0.625. The van der Waals surface area contributed by atoms with E-state index in [9.17, 15) is 66.0 Å². The smallest absolute Gasteiger partial charge is 0.433 e. The molecule has 0 radical (unpaired) electrons. The fourth-order valence-corrected chi connectivity index (χ4v) is 7.72. The number of sulfonamides is 3. The molecule has 1 fully saturated rings. The van der Waals surface area contributed by atoms with Crippen molar-refractivity contribution >= 4 is 47.9 Å². The summed E-state index contributed by atoms with van der Waals surface area (Å²) in [4.78, 5) is 38.4. The third-order valence-corrected chi connectivity index (χ3v) is 11.0. The second-order valence-electron chi connectivity index (χ2n) is 10.8. The van der Waals surface area contributed by atoms with Crippen LogP contribution in [0.25, 0.3) is 0 Å². The summed E-state index contributed by atoms with van der Waals surface area (Å²) in [5.74, 6) is -12.0. The van der Waals surface area contributed by atoms with E-state index in [1.165, 1.54) is 6.92 Å². The van der Waals surface area contributed by atoms with Gasteiger partial charge in [0.25, 0.3) is 15.9 Å². The molecule has 0 aromatic heterocycles. The van der Waals surface area contributed by atoms with Gasteiger partial charge in [0.2, 0.25) is 10.0 Å². The van der Waals surface area contributed by atoms with Gasteiger partial charge in [-0.05, 0) is 64.2 Å². The number of hydrogen-bond donors (Lipinski definition) is 2. The summed E-state index contributed by atoms with van der Waals surface area (Å²) in [5, 5.41) is -14.2. The molecule has 0 aliphatic heterocycles. The van der Waals surface area contributed by atoms with Gasteiger partial charge in [-0.3, -0.25) is 4.79 Å². The van der Waals surface area contributed by atoms with Gasteiger partial charge in [-0.2, -0.15) is 34.8 Å². The van der Waals surface area contributed by atoms with Crippen molar-refractivity contribution in [2.75, 3.05) is 6.26 Å². The topological polar surface area (TPSA) is 196 Å². The maximum absolute atomic E-state index is 14.6. The molecule has 46 heavy (non-hydrogen) atoms. The molecule has 1 aliphatic carbocycles. The van der Waals surface area contributed by atoms with Crippen molar-refractivity contribution in [1.82, 2.24) is 8.85 Å². The molecule has 2 rings (SSSR count). The second-order valence-corrected chi connectivity index (χ2v) is 16.2. The van der Waals surface area contributed by atoms with Crippen LogP contribution in [0.15, 0.2) is 18.2 Å². The Morgan fingerprint density at radius 2 is 1.30 bits per heavy atom. The number of ether oxygens (including phenoxy) is 2. The number of esters is 2. The van der Waals surface area contributed by atoms with Gasteiger partial charge in [0.05, 0.1) is 23.5 Å². The molecule has 1 aromatic carbocycles. The Morgan fingerprint density at radius 3 is 1.78 bits per heavy atom. The number of carbonyl (C=O) groups is 3. The third kappa shape index (κ3) is 8.29. The van der Waals surface area contributed by atoms with E-state index in [1.54, 1.807) is 13.8 Å². The molecule has 1 unspecified atom stereocenters. The highest BCUT2D eigenvalue weighted by Crippen LogP contribution is 2.50. The van der Waals surface area contributed by atoms with Crippen LogP contribution in [0.1, 0.15) is 90.4 Å². The van der Waals surface area contributed by atoms with Crippen molar-refractivity contribution in [3.63, 3.8) is 0 Å². The zero-order chi connectivity index (χ0) is 35.7. The minimum atomic E-state index is -7.41. The molecular weight excluding hydrogens is 702 g/mol. The number of hydrogen-bond acceptors (Lipinski definition) is 11. The predicted molar refractivity (Wildman–Crippen MR) is 147 cm³/mol. The highest BCUT2D eigenvalue weighted by atomic mass is 32.3. The molecule has 0 bridgehead atoms. The Kier molecular flexibility index (Phi) is 11.3. The number of benzene rings is 1. The first-order valence-corrected chi connectivity index (χ1v) is 18.0. The van der Waals surface area contributed by atoms with Crippen LogP contribution in [0.2, 0.25) is 0 Å². The lowest BCUT2D eigenvalue weighted by Gasteiger charge is -2.31. The number of alkyl halides is 6. The minimum Gasteiger partial charge on any atom is -0.459 e. The SMILES string of the molecule is CCCC(C)OC(=O)c1cc(C(=O)NS(=O)(=O)C(F)(F)C(F)(F)C(F)(F)S(=O)(=O)NS(C)(=O)=O)cc(C(=O)OC2(C)CCCC2)c1. The van der Waals surface area contributed by atoms with Crippen LogP contribution in [-0.4, -0.2) is 77.5 Å². The molecule has 1 saturated carbocycles. The zero-order valence-electron chi connectivity index (χ0n) is 24.5. The second kappa shape index (κ2) is 13.3. The summed E-state index contributed by atoms with van der Waals surface area (Å²) in [6, 6.07) is 1.91. The van der Waals surface area contributed by atoms with Gasteiger partial charge in [0.1, 0.15) is 5.60 Å². The average Bonchev–Trinajstić information content (AvgIpc) is 3.32. The largest absolute Gasteiger partial charge is 0.459 e. The maximum atomic E-state index is 14.6. The Balaban J connectivity index is 2.55. The summed E-state index contributed by atoms with van der Waals surface area (Å²) in [5.41, 5.74) is -3.35. The molecule has 262 valence electrons. The average molecular weight is 733 g/mol. The summed E-state index contributed by atoms with van der Waals surface area (Å²) >= 11 is 0. The van der Waals surface area contributed by atoms with Crippen LogP contribution in [0.5, 0.6) is 0 Å². The molecular formula is C24H30F6N2O11S3. The van der Waals surface area contributed by atoms with E-state index >= 15 is 0 Å². The first-order valence-electron chi connectivity index (χ1n) is 13.2. The van der Waals surface area contributed by atoms with E-state index in [1.807, 2.05) is 0 Å². The molecule has 1 amide bonds. The van der Waals surface area contributed by atoms with Gasteiger partial charge in [0, 0.05) is 5.56 Å².